The minimum atomic E-state index is 0.304. The predicted molar refractivity (Wildman–Crippen MR) is 99.6 cm³/mol. The van der Waals surface area contributed by atoms with Crippen LogP contribution in [0.4, 0.5) is 0 Å². The van der Waals surface area contributed by atoms with Crippen LogP contribution < -0.4 is 0 Å². The van der Waals surface area contributed by atoms with Crippen molar-refractivity contribution in [3.8, 4) is 0 Å². The second-order valence-electron chi connectivity index (χ2n) is 6.75. The van der Waals surface area contributed by atoms with Crippen molar-refractivity contribution in [1.29, 1.82) is 0 Å². The highest BCUT2D eigenvalue weighted by Crippen LogP contribution is 2.40. The summed E-state index contributed by atoms with van der Waals surface area (Å²) in [6.07, 6.45) is 14.6. The molecule has 0 aromatic heterocycles. The molecule has 0 aliphatic heterocycles. The molecule has 0 saturated carbocycles. The van der Waals surface area contributed by atoms with E-state index in [1.165, 1.54) is 30.4 Å². The van der Waals surface area contributed by atoms with E-state index in [-0.39, 0.29) is 0 Å². The van der Waals surface area contributed by atoms with E-state index in [1.54, 1.807) is 5.57 Å². The van der Waals surface area contributed by atoms with Crippen LogP contribution in [-0.4, -0.2) is 0 Å². The molecule has 1 unspecified atom stereocenters. The van der Waals surface area contributed by atoms with Crippen molar-refractivity contribution < 1.29 is 0 Å². The largest absolute Gasteiger partial charge is 0.102 e. The summed E-state index contributed by atoms with van der Waals surface area (Å²) < 4.78 is 1.14. The van der Waals surface area contributed by atoms with E-state index in [9.17, 15) is 0 Å². The Morgan fingerprint density at radius 2 is 2.00 bits per heavy atom. The molecule has 1 rings (SSSR count). The van der Waals surface area contributed by atoms with E-state index >= 15 is 0 Å². The maximum atomic E-state index is 3.80. The van der Waals surface area contributed by atoms with Gasteiger partial charge in [0, 0.05) is 4.48 Å². The van der Waals surface area contributed by atoms with Crippen LogP contribution in [-0.2, 0) is 0 Å². The average Bonchev–Trinajstić information content (AvgIpc) is 2.42. The smallest absolute Gasteiger partial charge is 0.0201 e. The van der Waals surface area contributed by atoms with Crippen LogP contribution in [0.5, 0.6) is 0 Å². The van der Waals surface area contributed by atoms with Gasteiger partial charge in [0.05, 0.1) is 0 Å². The first-order valence-corrected chi connectivity index (χ1v) is 8.62. The Balaban J connectivity index is 2.93. The standard InChI is InChI=1S/C20H29Br/c1-7-15(2)10-13-19(21)17(4)11-12-18-16(3)9-8-14-20(18,5)6/h7,10-13,15H,1,8-9,14H2,2-6H3/b12-11+,13-10+,19-17-. The minimum Gasteiger partial charge on any atom is -0.102 e. The van der Waals surface area contributed by atoms with Crippen LogP contribution in [0.2, 0.25) is 0 Å². The van der Waals surface area contributed by atoms with Crippen LogP contribution in [0.3, 0.4) is 0 Å². The van der Waals surface area contributed by atoms with Gasteiger partial charge >= 0.3 is 0 Å². The predicted octanol–water partition coefficient (Wildman–Crippen LogP) is 7.12. The second-order valence-corrected chi connectivity index (χ2v) is 7.60. The van der Waals surface area contributed by atoms with Crippen molar-refractivity contribution >= 4 is 15.9 Å². The third-order valence-corrected chi connectivity index (χ3v) is 5.23. The van der Waals surface area contributed by atoms with Crippen molar-refractivity contribution in [3.05, 3.63) is 58.2 Å². The van der Waals surface area contributed by atoms with E-state index in [0.29, 0.717) is 11.3 Å². The molecule has 0 nitrogen and oxygen atoms in total. The normalized spacial score (nSPS) is 21.8. The number of hydrogen-bond acceptors (Lipinski definition) is 0. The SMILES string of the molecule is C=CC(C)/C=C/C(Br)=C(C)/C=C/C1=C(C)CCCC1(C)C. The fourth-order valence-corrected chi connectivity index (χ4v) is 3.03. The van der Waals surface area contributed by atoms with E-state index in [1.807, 2.05) is 6.08 Å². The Bertz CT molecular complexity index is 498. The molecular weight excluding hydrogens is 320 g/mol. The number of rotatable bonds is 5. The molecule has 21 heavy (non-hydrogen) atoms. The third-order valence-electron chi connectivity index (χ3n) is 4.34. The summed E-state index contributed by atoms with van der Waals surface area (Å²) in [7, 11) is 0. The lowest BCUT2D eigenvalue weighted by molar-refractivity contribution is 0.377. The van der Waals surface area contributed by atoms with Crippen molar-refractivity contribution in [2.75, 3.05) is 0 Å². The molecule has 116 valence electrons. The first-order valence-electron chi connectivity index (χ1n) is 7.83. The summed E-state index contributed by atoms with van der Waals surface area (Å²) in [5.41, 5.74) is 4.61. The molecule has 0 bridgehead atoms. The molecule has 0 heterocycles. The van der Waals surface area contributed by atoms with Crippen molar-refractivity contribution in [2.24, 2.45) is 11.3 Å². The molecule has 1 aliphatic carbocycles. The minimum absolute atomic E-state index is 0.304. The summed E-state index contributed by atoms with van der Waals surface area (Å²) in [5.74, 6) is 0.400. The lowest BCUT2D eigenvalue weighted by Gasteiger charge is -2.33. The fraction of sp³-hybridized carbons (Fsp3) is 0.500. The lowest BCUT2D eigenvalue weighted by Crippen LogP contribution is -2.19. The van der Waals surface area contributed by atoms with Crippen LogP contribution in [0.1, 0.15) is 53.9 Å². The van der Waals surface area contributed by atoms with Gasteiger partial charge in [-0.3, -0.25) is 0 Å². The maximum Gasteiger partial charge on any atom is 0.0201 e. The third kappa shape index (κ3) is 5.47. The first-order chi connectivity index (χ1) is 9.77. The summed E-state index contributed by atoms with van der Waals surface area (Å²) in [6, 6.07) is 0. The maximum absolute atomic E-state index is 3.80. The molecule has 0 aromatic carbocycles. The van der Waals surface area contributed by atoms with E-state index in [2.05, 4.69) is 81.4 Å². The molecule has 0 saturated heterocycles. The molecule has 1 atom stereocenters. The zero-order valence-corrected chi connectivity index (χ0v) is 15.8. The molecule has 1 heteroatoms. The Morgan fingerprint density at radius 1 is 1.33 bits per heavy atom. The highest BCUT2D eigenvalue weighted by atomic mass is 79.9. The van der Waals surface area contributed by atoms with Gasteiger partial charge in [0.25, 0.3) is 0 Å². The summed E-state index contributed by atoms with van der Waals surface area (Å²) >= 11 is 3.66. The zero-order valence-electron chi connectivity index (χ0n) is 14.2. The van der Waals surface area contributed by atoms with Gasteiger partial charge < -0.3 is 0 Å². The molecule has 0 N–H and O–H groups in total. The van der Waals surface area contributed by atoms with Gasteiger partial charge in [0.1, 0.15) is 0 Å². The van der Waals surface area contributed by atoms with E-state index in [4.69, 9.17) is 0 Å². The Kier molecular flexibility index (Phi) is 6.93. The highest BCUT2D eigenvalue weighted by molar-refractivity contribution is 9.11. The number of halogens is 1. The topological polar surface area (TPSA) is 0 Å². The van der Waals surface area contributed by atoms with Crippen molar-refractivity contribution in [2.45, 2.75) is 53.9 Å². The zero-order chi connectivity index (χ0) is 16.0. The second kappa shape index (κ2) is 7.98. The summed E-state index contributed by atoms with van der Waals surface area (Å²) in [6.45, 7) is 15.1. The quantitative estimate of drug-likeness (QED) is 0.366. The van der Waals surface area contributed by atoms with Crippen LogP contribution >= 0.6 is 15.9 Å². The van der Waals surface area contributed by atoms with Gasteiger partial charge in [-0.1, -0.05) is 72.7 Å². The highest BCUT2D eigenvalue weighted by Gasteiger charge is 2.26. The van der Waals surface area contributed by atoms with Crippen molar-refractivity contribution in [1.82, 2.24) is 0 Å². The van der Waals surface area contributed by atoms with Gasteiger partial charge in [0.15, 0.2) is 0 Å². The Hall–Kier alpha value is -0.820. The average molecular weight is 349 g/mol. The molecule has 0 spiro atoms. The fourth-order valence-electron chi connectivity index (χ4n) is 2.74. The van der Waals surface area contributed by atoms with E-state index in [0.717, 1.165) is 4.48 Å². The molecule has 1 aliphatic rings. The lowest BCUT2D eigenvalue weighted by atomic mass is 9.72. The molecule has 0 fully saturated rings. The molecule has 0 amide bonds. The Labute approximate surface area is 139 Å². The first kappa shape index (κ1) is 18.2. The monoisotopic (exact) mass is 348 g/mol. The number of hydrogen-bond donors (Lipinski definition) is 0. The van der Waals surface area contributed by atoms with Gasteiger partial charge in [-0.15, -0.1) is 6.58 Å². The van der Waals surface area contributed by atoms with Crippen LogP contribution in [0.25, 0.3) is 0 Å². The summed E-state index contributed by atoms with van der Waals surface area (Å²) in [4.78, 5) is 0. The molecule has 0 radical (unpaired) electrons. The van der Waals surface area contributed by atoms with Crippen LogP contribution in [0.15, 0.2) is 58.2 Å². The van der Waals surface area contributed by atoms with E-state index < -0.39 is 0 Å². The van der Waals surface area contributed by atoms with Crippen molar-refractivity contribution in [3.63, 3.8) is 0 Å². The van der Waals surface area contributed by atoms with Crippen LogP contribution in [0, 0.1) is 11.3 Å². The molecule has 0 aromatic rings. The van der Waals surface area contributed by atoms with Gasteiger partial charge in [-0.2, -0.15) is 0 Å². The number of allylic oxidation sites excluding steroid dienone is 9. The molecular formula is C20H29Br. The van der Waals surface area contributed by atoms with Gasteiger partial charge in [-0.25, -0.2) is 0 Å². The summed E-state index contributed by atoms with van der Waals surface area (Å²) in [5, 5.41) is 0. The van der Waals surface area contributed by atoms with Gasteiger partial charge in [-0.05, 0) is 55.6 Å². The van der Waals surface area contributed by atoms with Gasteiger partial charge in [0.2, 0.25) is 0 Å². The Morgan fingerprint density at radius 3 is 2.57 bits per heavy atom.